The number of piperazine rings is 1. The third-order valence-electron chi connectivity index (χ3n) is 4.11. The molecule has 1 heterocycles. The van der Waals surface area contributed by atoms with Crippen molar-refractivity contribution >= 4 is 17.5 Å². The van der Waals surface area contributed by atoms with Gasteiger partial charge in [-0.1, -0.05) is 23.7 Å². The fourth-order valence-corrected chi connectivity index (χ4v) is 2.89. The van der Waals surface area contributed by atoms with Gasteiger partial charge in [0.2, 0.25) is 5.91 Å². The second-order valence-electron chi connectivity index (χ2n) is 6.08. The van der Waals surface area contributed by atoms with Crippen molar-refractivity contribution in [2.75, 3.05) is 33.2 Å². The van der Waals surface area contributed by atoms with Crippen molar-refractivity contribution in [3.05, 3.63) is 34.9 Å². The van der Waals surface area contributed by atoms with E-state index in [2.05, 4.69) is 10.2 Å². The highest BCUT2D eigenvalue weighted by atomic mass is 35.5. The first kappa shape index (κ1) is 16.3. The van der Waals surface area contributed by atoms with Crippen LogP contribution in [0, 0.1) is 0 Å². The molecule has 0 spiro atoms. The highest BCUT2D eigenvalue weighted by Gasteiger charge is 2.36. The first-order valence-electron chi connectivity index (χ1n) is 7.37. The van der Waals surface area contributed by atoms with Crippen molar-refractivity contribution in [3.63, 3.8) is 0 Å². The predicted octanol–water partition coefficient (Wildman–Crippen LogP) is 1.98. The third kappa shape index (κ3) is 3.96. The lowest BCUT2D eigenvalue weighted by molar-refractivity contribution is -0.142. The Hall–Kier alpha value is -1.10. The molecule has 116 valence electrons. The maximum atomic E-state index is 12.8. The van der Waals surface area contributed by atoms with Gasteiger partial charge in [-0.2, -0.15) is 0 Å². The number of nitrogens with one attached hydrogen (secondary N) is 1. The van der Waals surface area contributed by atoms with Gasteiger partial charge in [-0.25, -0.2) is 0 Å². The Labute approximate surface area is 132 Å². The molecule has 0 bridgehead atoms. The SMILES string of the molecule is CN(Cc1ccc(Cl)cc1)C(=O)C(C)(C)N1CCNCC1. The molecule has 1 amide bonds. The first-order valence-corrected chi connectivity index (χ1v) is 7.75. The van der Waals surface area contributed by atoms with E-state index in [1.165, 1.54) is 0 Å². The molecule has 2 rings (SSSR count). The van der Waals surface area contributed by atoms with Gasteiger partial charge in [0.25, 0.3) is 0 Å². The van der Waals surface area contributed by atoms with Gasteiger partial charge in [0.05, 0.1) is 5.54 Å². The zero-order chi connectivity index (χ0) is 15.5. The quantitative estimate of drug-likeness (QED) is 0.924. The van der Waals surface area contributed by atoms with E-state index in [0.29, 0.717) is 11.6 Å². The van der Waals surface area contributed by atoms with Crippen molar-refractivity contribution in [3.8, 4) is 0 Å². The number of hydrogen-bond acceptors (Lipinski definition) is 3. The van der Waals surface area contributed by atoms with Crippen LogP contribution in [-0.4, -0.2) is 54.5 Å². The average molecular weight is 310 g/mol. The largest absolute Gasteiger partial charge is 0.340 e. The Bertz CT molecular complexity index is 481. The minimum Gasteiger partial charge on any atom is -0.340 e. The normalized spacial score (nSPS) is 16.8. The molecule has 1 aliphatic rings. The Morgan fingerprint density at radius 3 is 2.43 bits per heavy atom. The zero-order valence-corrected chi connectivity index (χ0v) is 13.8. The number of likely N-dealkylation sites (N-methyl/N-ethyl adjacent to an activating group) is 1. The summed E-state index contributed by atoms with van der Waals surface area (Å²) in [4.78, 5) is 16.8. The van der Waals surface area contributed by atoms with Crippen molar-refractivity contribution in [2.24, 2.45) is 0 Å². The van der Waals surface area contributed by atoms with Gasteiger partial charge in [-0.05, 0) is 31.5 Å². The third-order valence-corrected chi connectivity index (χ3v) is 4.36. The molecule has 1 aromatic carbocycles. The number of hydrogen-bond donors (Lipinski definition) is 1. The van der Waals surface area contributed by atoms with Crippen LogP contribution in [0.1, 0.15) is 19.4 Å². The number of rotatable bonds is 4. The second kappa shape index (κ2) is 6.77. The summed E-state index contributed by atoms with van der Waals surface area (Å²) in [5.74, 6) is 0.152. The topological polar surface area (TPSA) is 35.6 Å². The number of amides is 1. The van der Waals surface area contributed by atoms with Gasteiger partial charge in [0.15, 0.2) is 0 Å². The summed E-state index contributed by atoms with van der Waals surface area (Å²) >= 11 is 5.89. The zero-order valence-electron chi connectivity index (χ0n) is 13.0. The molecular weight excluding hydrogens is 286 g/mol. The van der Waals surface area contributed by atoms with E-state index in [-0.39, 0.29) is 5.91 Å². The Balaban J connectivity index is 2.01. The molecule has 1 fully saturated rings. The summed E-state index contributed by atoms with van der Waals surface area (Å²) in [6, 6.07) is 7.64. The maximum Gasteiger partial charge on any atom is 0.242 e. The highest BCUT2D eigenvalue weighted by molar-refractivity contribution is 6.30. The number of benzene rings is 1. The first-order chi connectivity index (χ1) is 9.91. The molecule has 1 aromatic rings. The molecule has 0 aromatic heterocycles. The number of carbonyl (C=O) groups is 1. The second-order valence-corrected chi connectivity index (χ2v) is 6.52. The summed E-state index contributed by atoms with van der Waals surface area (Å²) in [5, 5.41) is 4.04. The van der Waals surface area contributed by atoms with Crippen LogP contribution < -0.4 is 5.32 Å². The summed E-state index contributed by atoms with van der Waals surface area (Å²) in [5.41, 5.74) is 0.620. The molecule has 1 saturated heterocycles. The van der Waals surface area contributed by atoms with Crippen molar-refractivity contribution < 1.29 is 4.79 Å². The Kier molecular flexibility index (Phi) is 5.25. The van der Waals surface area contributed by atoms with Gasteiger partial charge < -0.3 is 10.2 Å². The minimum atomic E-state index is -0.469. The summed E-state index contributed by atoms with van der Waals surface area (Å²) in [7, 11) is 1.86. The van der Waals surface area contributed by atoms with E-state index in [0.717, 1.165) is 31.7 Å². The molecule has 21 heavy (non-hydrogen) atoms. The minimum absolute atomic E-state index is 0.152. The molecule has 4 nitrogen and oxygen atoms in total. The van der Waals surface area contributed by atoms with Gasteiger partial charge in [0.1, 0.15) is 0 Å². The molecule has 5 heteroatoms. The van der Waals surface area contributed by atoms with Crippen LogP contribution in [-0.2, 0) is 11.3 Å². The van der Waals surface area contributed by atoms with Gasteiger partial charge in [-0.15, -0.1) is 0 Å². The average Bonchev–Trinajstić information content (AvgIpc) is 2.49. The van der Waals surface area contributed by atoms with E-state index in [1.807, 2.05) is 45.2 Å². The van der Waals surface area contributed by atoms with Crippen LogP contribution in [0.5, 0.6) is 0 Å². The molecule has 0 aliphatic carbocycles. The maximum absolute atomic E-state index is 12.8. The Morgan fingerprint density at radius 2 is 1.86 bits per heavy atom. The monoisotopic (exact) mass is 309 g/mol. The fraction of sp³-hybridized carbons (Fsp3) is 0.562. The fourth-order valence-electron chi connectivity index (χ4n) is 2.76. The van der Waals surface area contributed by atoms with Gasteiger partial charge >= 0.3 is 0 Å². The van der Waals surface area contributed by atoms with Crippen LogP contribution in [0.15, 0.2) is 24.3 Å². The number of nitrogens with zero attached hydrogens (tertiary/aromatic N) is 2. The van der Waals surface area contributed by atoms with Crippen LogP contribution in [0.25, 0.3) is 0 Å². The summed E-state index contributed by atoms with van der Waals surface area (Å²) in [6.07, 6.45) is 0. The number of carbonyl (C=O) groups excluding carboxylic acids is 1. The summed E-state index contributed by atoms with van der Waals surface area (Å²) in [6.45, 7) is 8.33. The lowest BCUT2D eigenvalue weighted by Crippen LogP contribution is -2.60. The van der Waals surface area contributed by atoms with Crippen LogP contribution in [0.2, 0.25) is 5.02 Å². The molecule has 1 N–H and O–H groups in total. The van der Waals surface area contributed by atoms with E-state index >= 15 is 0 Å². The van der Waals surface area contributed by atoms with Crippen molar-refractivity contribution in [2.45, 2.75) is 25.9 Å². The van der Waals surface area contributed by atoms with Crippen molar-refractivity contribution in [1.29, 1.82) is 0 Å². The molecule has 0 radical (unpaired) electrons. The predicted molar refractivity (Wildman–Crippen MR) is 86.4 cm³/mol. The van der Waals surface area contributed by atoms with E-state index < -0.39 is 5.54 Å². The van der Waals surface area contributed by atoms with E-state index in [9.17, 15) is 4.79 Å². The smallest absolute Gasteiger partial charge is 0.242 e. The summed E-state index contributed by atoms with van der Waals surface area (Å²) < 4.78 is 0. The molecular formula is C16H24ClN3O. The standard InChI is InChI=1S/C16H24ClN3O/c1-16(2,20-10-8-18-9-11-20)15(21)19(3)12-13-4-6-14(17)7-5-13/h4-7,18H,8-12H2,1-3H3. The van der Waals surface area contributed by atoms with Crippen LogP contribution >= 0.6 is 11.6 Å². The number of halogens is 1. The van der Waals surface area contributed by atoms with Crippen LogP contribution in [0.4, 0.5) is 0 Å². The van der Waals surface area contributed by atoms with Crippen molar-refractivity contribution in [1.82, 2.24) is 15.1 Å². The van der Waals surface area contributed by atoms with E-state index in [4.69, 9.17) is 11.6 Å². The molecule has 0 saturated carbocycles. The lowest BCUT2D eigenvalue weighted by atomic mass is 9.99. The molecule has 0 atom stereocenters. The van der Waals surface area contributed by atoms with Gasteiger partial charge in [-0.3, -0.25) is 9.69 Å². The Morgan fingerprint density at radius 1 is 1.29 bits per heavy atom. The van der Waals surface area contributed by atoms with Gasteiger partial charge in [0, 0.05) is 44.8 Å². The highest BCUT2D eigenvalue weighted by Crippen LogP contribution is 2.19. The molecule has 1 aliphatic heterocycles. The lowest BCUT2D eigenvalue weighted by Gasteiger charge is -2.41. The van der Waals surface area contributed by atoms with Crippen LogP contribution in [0.3, 0.4) is 0 Å². The van der Waals surface area contributed by atoms with E-state index in [1.54, 1.807) is 4.90 Å². The molecule has 0 unspecified atom stereocenters.